The number of nitrogens with zero attached hydrogens (tertiary/aromatic N) is 7. The first-order valence-electron chi connectivity index (χ1n) is 14.9. The minimum atomic E-state index is -0.0497. The van der Waals surface area contributed by atoms with Crippen LogP contribution in [0.4, 0.5) is 0 Å². The Bertz CT molecular complexity index is 691. The van der Waals surface area contributed by atoms with Gasteiger partial charge in [0.2, 0.25) is 5.91 Å². The van der Waals surface area contributed by atoms with E-state index in [1.165, 1.54) is 0 Å². The number of hydrogen-bond acceptors (Lipinski definition) is 13. The van der Waals surface area contributed by atoms with Crippen LogP contribution in [0.5, 0.6) is 0 Å². The zero-order valence-corrected chi connectivity index (χ0v) is 26.2. The standard InChI is InChI=1S/C26H52N8O10/c1-29-26(35)2-8-36-14-20-42-23-17-39-11-5-34(6-12-40-18-24-43-21-15-37-9-3-30-32-27)7-13-41-19-25-44-22-16-38-10-4-31-33-28/h2-25H2,1H3,(H,29,35). The Morgan fingerprint density at radius 1 is 0.523 bits per heavy atom. The van der Waals surface area contributed by atoms with Crippen molar-refractivity contribution in [2.24, 2.45) is 10.2 Å². The van der Waals surface area contributed by atoms with Crippen molar-refractivity contribution in [3.8, 4) is 0 Å². The van der Waals surface area contributed by atoms with Crippen LogP contribution < -0.4 is 5.32 Å². The normalized spacial score (nSPS) is 11.0. The average Bonchev–Trinajstić information content (AvgIpc) is 3.03. The van der Waals surface area contributed by atoms with Gasteiger partial charge >= 0.3 is 0 Å². The number of azide groups is 2. The van der Waals surface area contributed by atoms with Gasteiger partial charge in [-0.15, -0.1) is 0 Å². The van der Waals surface area contributed by atoms with Gasteiger partial charge in [0.1, 0.15) is 0 Å². The molecule has 1 N–H and O–H groups in total. The summed E-state index contributed by atoms with van der Waals surface area (Å²) >= 11 is 0. The zero-order chi connectivity index (χ0) is 32.0. The maximum Gasteiger partial charge on any atom is 0.222 e. The number of carbonyl (C=O) groups excluding carboxylic acids is 1. The number of amides is 1. The maximum absolute atomic E-state index is 11.1. The van der Waals surface area contributed by atoms with Gasteiger partial charge < -0.3 is 47.9 Å². The van der Waals surface area contributed by atoms with Gasteiger partial charge in [0.25, 0.3) is 0 Å². The van der Waals surface area contributed by atoms with Crippen LogP contribution in [0.25, 0.3) is 20.9 Å². The smallest absolute Gasteiger partial charge is 0.222 e. The van der Waals surface area contributed by atoms with E-state index >= 15 is 0 Å². The van der Waals surface area contributed by atoms with Gasteiger partial charge in [-0.25, -0.2) is 0 Å². The molecule has 0 aliphatic heterocycles. The third-order valence-electron chi connectivity index (χ3n) is 5.44. The van der Waals surface area contributed by atoms with Crippen LogP contribution in [0.3, 0.4) is 0 Å². The van der Waals surface area contributed by atoms with Crippen LogP contribution >= 0.6 is 0 Å². The lowest BCUT2D eigenvalue weighted by Crippen LogP contribution is -2.34. The van der Waals surface area contributed by atoms with Crippen LogP contribution in [0.2, 0.25) is 0 Å². The lowest BCUT2D eigenvalue weighted by atomic mass is 10.4. The summed E-state index contributed by atoms with van der Waals surface area (Å²) in [5.74, 6) is -0.0497. The first kappa shape index (κ1) is 41.7. The van der Waals surface area contributed by atoms with Crippen LogP contribution in [-0.4, -0.2) is 170 Å². The van der Waals surface area contributed by atoms with E-state index in [-0.39, 0.29) is 5.91 Å². The fourth-order valence-electron chi connectivity index (χ4n) is 3.13. The second-order valence-corrected chi connectivity index (χ2v) is 8.69. The van der Waals surface area contributed by atoms with Crippen molar-refractivity contribution in [3.63, 3.8) is 0 Å². The minimum absolute atomic E-state index is 0.0497. The van der Waals surface area contributed by atoms with Gasteiger partial charge in [0, 0.05) is 56.0 Å². The molecule has 0 aromatic heterocycles. The molecule has 0 aromatic carbocycles. The van der Waals surface area contributed by atoms with Gasteiger partial charge in [-0.3, -0.25) is 9.69 Å². The van der Waals surface area contributed by atoms with Crippen molar-refractivity contribution in [2.45, 2.75) is 6.42 Å². The van der Waals surface area contributed by atoms with Crippen LogP contribution in [0, 0.1) is 0 Å². The third kappa shape index (κ3) is 34.2. The molecule has 0 aromatic rings. The summed E-state index contributed by atoms with van der Waals surface area (Å²) in [6.07, 6.45) is 0.336. The zero-order valence-electron chi connectivity index (χ0n) is 26.2. The third-order valence-corrected chi connectivity index (χ3v) is 5.44. The summed E-state index contributed by atoms with van der Waals surface area (Å²) in [7, 11) is 1.60. The lowest BCUT2D eigenvalue weighted by molar-refractivity contribution is -0.121. The lowest BCUT2D eigenvalue weighted by Gasteiger charge is -2.22. The van der Waals surface area contributed by atoms with E-state index in [0.29, 0.717) is 158 Å². The van der Waals surface area contributed by atoms with Crippen LogP contribution in [0.15, 0.2) is 10.2 Å². The molecule has 0 spiro atoms. The molecule has 1 amide bonds. The second-order valence-electron chi connectivity index (χ2n) is 8.69. The van der Waals surface area contributed by atoms with Gasteiger partial charge in [0.15, 0.2) is 0 Å². The van der Waals surface area contributed by atoms with E-state index in [4.69, 9.17) is 53.7 Å². The Kier molecular flexibility index (Phi) is 34.9. The molecular weight excluding hydrogens is 584 g/mol. The monoisotopic (exact) mass is 636 g/mol. The quantitative estimate of drug-likeness (QED) is 0.0446. The van der Waals surface area contributed by atoms with Crippen molar-refractivity contribution < 1.29 is 47.4 Å². The summed E-state index contributed by atoms with van der Waals surface area (Å²) in [5, 5.41) is 9.33. The minimum Gasteiger partial charge on any atom is -0.379 e. The van der Waals surface area contributed by atoms with Gasteiger partial charge in [-0.05, 0) is 11.1 Å². The highest BCUT2D eigenvalue weighted by Gasteiger charge is 2.06. The molecule has 0 unspecified atom stereocenters. The topological polar surface area (TPSA) is 213 Å². The van der Waals surface area contributed by atoms with Crippen molar-refractivity contribution in [3.05, 3.63) is 20.9 Å². The van der Waals surface area contributed by atoms with Crippen molar-refractivity contribution in [1.82, 2.24) is 10.2 Å². The van der Waals surface area contributed by atoms with Crippen molar-refractivity contribution in [2.75, 3.05) is 159 Å². The van der Waals surface area contributed by atoms with E-state index in [0.717, 1.165) is 0 Å². The maximum atomic E-state index is 11.1. The average molecular weight is 637 g/mol. The van der Waals surface area contributed by atoms with E-state index in [1.807, 2.05) is 0 Å². The Balaban J connectivity index is 3.97. The Morgan fingerprint density at radius 2 is 0.818 bits per heavy atom. The molecule has 18 nitrogen and oxygen atoms in total. The van der Waals surface area contributed by atoms with Gasteiger partial charge in [-0.2, -0.15) is 0 Å². The molecule has 0 radical (unpaired) electrons. The van der Waals surface area contributed by atoms with E-state index in [9.17, 15) is 4.79 Å². The van der Waals surface area contributed by atoms with Crippen LogP contribution in [-0.2, 0) is 47.4 Å². The molecule has 18 heteroatoms. The predicted molar refractivity (Wildman–Crippen MR) is 161 cm³/mol. The molecule has 0 fully saturated rings. The summed E-state index contributed by atoms with van der Waals surface area (Å²) < 4.78 is 49.4. The molecule has 0 atom stereocenters. The fourth-order valence-corrected chi connectivity index (χ4v) is 3.13. The number of ether oxygens (including phenoxy) is 9. The molecule has 256 valence electrons. The molecule has 0 bridgehead atoms. The van der Waals surface area contributed by atoms with Crippen molar-refractivity contribution >= 4 is 5.91 Å². The Hall–Kier alpha value is -2.31. The largest absolute Gasteiger partial charge is 0.379 e. The molecule has 0 aliphatic rings. The molecule has 0 saturated heterocycles. The highest BCUT2D eigenvalue weighted by atomic mass is 16.6. The summed E-state index contributed by atoms with van der Waals surface area (Å²) in [4.78, 5) is 18.7. The highest BCUT2D eigenvalue weighted by Crippen LogP contribution is 1.93. The Morgan fingerprint density at radius 3 is 1.14 bits per heavy atom. The molecule has 44 heavy (non-hydrogen) atoms. The SMILES string of the molecule is CNC(=O)CCOCCOCCOCCN(CCOCCOCCOCCN=[N+]=[N-])CCOCCOCCOCCN=[N+]=[N-]. The predicted octanol–water partition coefficient (Wildman–Crippen LogP) is 1.19. The van der Waals surface area contributed by atoms with Crippen LogP contribution in [0.1, 0.15) is 6.42 Å². The second kappa shape index (κ2) is 36.9. The first-order valence-corrected chi connectivity index (χ1v) is 14.9. The molecule has 0 heterocycles. The molecule has 0 aliphatic carbocycles. The summed E-state index contributed by atoms with van der Waals surface area (Å²) in [6.45, 7) is 10.9. The highest BCUT2D eigenvalue weighted by molar-refractivity contribution is 5.75. The van der Waals surface area contributed by atoms with Gasteiger partial charge in [0.05, 0.1) is 119 Å². The number of nitrogens with one attached hydrogen (secondary N) is 1. The fraction of sp³-hybridized carbons (Fsp3) is 0.962. The molecular formula is C26H52N8O10. The van der Waals surface area contributed by atoms with Gasteiger partial charge in [-0.1, -0.05) is 10.2 Å². The first-order chi connectivity index (χ1) is 21.7. The number of hydrogen-bond donors (Lipinski definition) is 1. The number of rotatable bonds is 36. The molecule has 0 rings (SSSR count). The summed E-state index contributed by atoms with van der Waals surface area (Å²) in [6, 6.07) is 0. The van der Waals surface area contributed by atoms with Crippen molar-refractivity contribution in [1.29, 1.82) is 0 Å². The van der Waals surface area contributed by atoms with E-state index < -0.39 is 0 Å². The van der Waals surface area contributed by atoms with E-state index in [2.05, 4.69) is 30.3 Å². The van der Waals surface area contributed by atoms with E-state index in [1.54, 1.807) is 7.05 Å². The summed E-state index contributed by atoms with van der Waals surface area (Å²) in [5.41, 5.74) is 16.4. The number of carbonyl (C=O) groups is 1. The molecule has 0 saturated carbocycles. The Labute approximate surface area is 260 Å².